The normalized spacial score (nSPS) is 19.0. The van der Waals surface area contributed by atoms with E-state index in [1.165, 1.54) is 0 Å². The van der Waals surface area contributed by atoms with Gasteiger partial charge in [0.05, 0.1) is 0 Å². The molecule has 1 aromatic rings. The van der Waals surface area contributed by atoms with E-state index in [9.17, 15) is 4.79 Å². The molecule has 0 spiro atoms. The highest BCUT2D eigenvalue weighted by atomic mass is 16.5. The number of ether oxygens (including phenoxy) is 1. The van der Waals surface area contributed by atoms with E-state index in [-0.39, 0.29) is 5.78 Å². The van der Waals surface area contributed by atoms with E-state index >= 15 is 0 Å². The van der Waals surface area contributed by atoms with Gasteiger partial charge in [0.15, 0.2) is 5.78 Å². The van der Waals surface area contributed by atoms with Crippen molar-refractivity contribution in [3.63, 3.8) is 0 Å². The van der Waals surface area contributed by atoms with Crippen LogP contribution in [0, 0.1) is 0 Å². The second kappa shape index (κ2) is 4.11. The fourth-order valence-corrected chi connectivity index (χ4v) is 2.23. The predicted molar refractivity (Wildman–Crippen MR) is 56.8 cm³/mol. The molecule has 80 valence electrons. The molecule has 15 heavy (non-hydrogen) atoms. The van der Waals surface area contributed by atoms with E-state index in [1.807, 2.05) is 0 Å². The smallest absolute Gasteiger partial charge is 0.196 e. The van der Waals surface area contributed by atoms with E-state index < -0.39 is 5.60 Å². The van der Waals surface area contributed by atoms with Crippen LogP contribution in [0.3, 0.4) is 0 Å². The first-order valence-corrected chi connectivity index (χ1v) is 5.28. The number of methoxy groups -OCH3 is 1. The summed E-state index contributed by atoms with van der Waals surface area (Å²) in [5.41, 5.74) is 0.0736. The molecule has 1 heterocycles. The molecule has 0 bridgehead atoms. The highest BCUT2D eigenvalue weighted by Crippen LogP contribution is 2.35. The van der Waals surface area contributed by atoms with Crippen LogP contribution in [0.15, 0.2) is 24.5 Å². The van der Waals surface area contributed by atoms with E-state index in [0.29, 0.717) is 5.56 Å². The molecule has 1 fully saturated rings. The van der Waals surface area contributed by atoms with Gasteiger partial charge in [-0.3, -0.25) is 9.78 Å². The number of nitrogens with zero attached hydrogens (tertiary/aromatic N) is 1. The maximum absolute atomic E-state index is 12.2. The van der Waals surface area contributed by atoms with Gasteiger partial charge in [-0.05, 0) is 37.8 Å². The Morgan fingerprint density at radius 2 is 2.20 bits per heavy atom. The van der Waals surface area contributed by atoms with Gasteiger partial charge in [0, 0.05) is 25.1 Å². The molecule has 0 radical (unpaired) electrons. The summed E-state index contributed by atoms with van der Waals surface area (Å²) in [6.07, 6.45) is 7.08. The SMILES string of the molecule is COC1(C(=O)c2cccnc2)CCCC1. The number of hydrogen-bond acceptors (Lipinski definition) is 3. The van der Waals surface area contributed by atoms with Crippen LogP contribution in [-0.4, -0.2) is 23.5 Å². The minimum absolute atomic E-state index is 0.0793. The lowest BCUT2D eigenvalue weighted by atomic mass is 9.92. The van der Waals surface area contributed by atoms with Gasteiger partial charge in [-0.2, -0.15) is 0 Å². The van der Waals surface area contributed by atoms with E-state index in [2.05, 4.69) is 4.98 Å². The molecule has 1 saturated carbocycles. The zero-order valence-electron chi connectivity index (χ0n) is 8.90. The molecule has 0 saturated heterocycles. The first kappa shape index (κ1) is 10.3. The first-order chi connectivity index (χ1) is 7.28. The number of carbonyl (C=O) groups is 1. The van der Waals surface area contributed by atoms with Gasteiger partial charge in [0.25, 0.3) is 0 Å². The minimum atomic E-state index is -0.580. The highest BCUT2D eigenvalue weighted by molar-refractivity contribution is 6.02. The average molecular weight is 205 g/mol. The Bertz CT molecular complexity index is 342. The Kier molecular flexibility index (Phi) is 2.82. The number of Topliss-reactive ketones (excluding diaryl/α,β-unsaturated/α-hetero) is 1. The van der Waals surface area contributed by atoms with Crippen molar-refractivity contribution in [2.24, 2.45) is 0 Å². The minimum Gasteiger partial charge on any atom is -0.370 e. The Balaban J connectivity index is 2.27. The van der Waals surface area contributed by atoms with Crippen molar-refractivity contribution >= 4 is 5.78 Å². The Hall–Kier alpha value is -1.22. The fraction of sp³-hybridized carbons (Fsp3) is 0.500. The summed E-state index contributed by atoms with van der Waals surface area (Å²) in [4.78, 5) is 16.2. The van der Waals surface area contributed by atoms with Crippen molar-refractivity contribution in [2.45, 2.75) is 31.3 Å². The summed E-state index contributed by atoms with van der Waals surface area (Å²) in [5.74, 6) is 0.0793. The lowest BCUT2D eigenvalue weighted by molar-refractivity contribution is 0.00599. The van der Waals surface area contributed by atoms with Gasteiger partial charge in [0.2, 0.25) is 0 Å². The monoisotopic (exact) mass is 205 g/mol. The van der Waals surface area contributed by atoms with Gasteiger partial charge >= 0.3 is 0 Å². The van der Waals surface area contributed by atoms with Gasteiger partial charge in [-0.15, -0.1) is 0 Å². The Morgan fingerprint density at radius 1 is 1.47 bits per heavy atom. The largest absolute Gasteiger partial charge is 0.370 e. The van der Waals surface area contributed by atoms with Crippen LogP contribution in [0.5, 0.6) is 0 Å². The van der Waals surface area contributed by atoms with Crippen LogP contribution in [0.1, 0.15) is 36.0 Å². The van der Waals surface area contributed by atoms with Crippen LogP contribution in [0.2, 0.25) is 0 Å². The van der Waals surface area contributed by atoms with E-state index in [1.54, 1.807) is 31.6 Å². The van der Waals surface area contributed by atoms with Gasteiger partial charge in [-0.25, -0.2) is 0 Å². The van der Waals surface area contributed by atoms with Crippen molar-refractivity contribution in [3.8, 4) is 0 Å². The lowest BCUT2D eigenvalue weighted by Gasteiger charge is -2.25. The van der Waals surface area contributed by atoms with Crippen molar-refractivity contribution in [3.05, 3.63) is 30.1 Å². The number of carbonyl (C=O) groups excluding carboxylic acids is 1. The second-order valence-corrected chi connectivity index (χ2v) is 3.98. The summed E-state index contributed by atoms with van der Waals surface area (Å²) >= 11 is 0. The predicted octanol–water partition coefficient (Wildman–Crippen LogP) is 2.22. The third kappa shape index (κ3) is 1.79. The zero-order chi connectivity index (χ0) is 10.7. The molecular formula is C12H15NO2. The summed E-state index contributed by atoms with van der Waals surface area (Å²) in [5, 5.41) is 0. The molecule has 1 aromatic heterocycles. The Morgan fingerprint density at radius 3 is 2.73 bits per heavy atom. The topological polar surface area (TPSA) is 39.2 Å². The molecule has 0 aliphatic heterocycles. The Labute approximate surface area is 89.5 Å². The number of rotatable bonds is 3. The highest BCUT2D eigenvalue weighted by Gasteiger charge is 2.41. The van der Waals surface area contributed by atoms with Crippen molar-refractivity contribution < 1.29 is 9.53 Å². The summed E-state index contributed by atoms with van der Waals surface area (Å²) in [7, 11) is 1.62. The third-order valence-electron chi connectivity index (χ3n) is 3.14. The van der Waals surface area contributed by atoms with Crippen molar-refractivity contribution in [2.75, 3.05) is 7.11 Å². The molecule has 1 aliphatic rings. The lowest BCUT2D eigenvalue weighted by Crippen LogP contribution is -2.37. The van der Waals surface area contributed by atoms with Crippen molar-refractivity contribution in [1.29, 1.82) is 0 Å². The maximum atomic E-state index is 12.2. The van der Waals surface area contributed by atoms with Crippen LogP contribution in [0.4, 0.5) is 0 Å². The molecule has 0 atom stereocenters. The standard InChI is InChI=1S/C12H15NO2/c1-15-12(6-2-3-7-12)11(14)10-5-4-8-13-9-10/h4-5,8-9H,2-3,6-7H2,1H3. The summed E-state index contributed by atoms with van der Waals surface area (Å²) in [6, 6.07) is 3.58. The summed E-state index contributed by atoms with van der Waals surface area (Å²) in [6.45, 7) is 0. The molecule has 0 N–H and O–H groups in total. The maximum Gasteiger partial charge on any atom is 0.196 e. The molecular weight excluding hydrogens is 190 g/mol. The number of ketones is 1. The van der Waals surface area contributed by atoms with Gasteiger partial charge < -0.3 is 4.74 Å². The third-order valence-corrected chi connectivity index (χ3v) is 3.14. The second-order valence-electron chi connectivity index (χ2n) is 3.98. The van der Waals surface area contributed by atoms with Crippen LogP contribution < -0.4 is 0 Å². The van der Waals surface area contributed by atoms with Crippen LogP contribution >= 0.6 is 0 Å². The molecule has 3 heteroatoms. The van der Waals surface area contributed by atoms with Crippen LogP contribution in [0.25, 0.3) is 0 Å². The summed E-state index contributed by atoms with van der Waals surface area (Å²) < 4.78 is 5.44. The number of aromatic nitrogens is 1. The molecule has 0 amide bonds. The average Bonchev–Trinajstić information content (AvgIpc) is 2.79. The molecule has 2 rings (SSSR count). The van der Waals surface area contributed by atoms with Gasteiger partial charge in [-0.1, -0.05) is 0 Å². The van der Waals surface area contributed by atoms with Crippen LogP contribution in [-0.2, 0) is 4.74 Å². The number of pyridine rings is 1. The van der Waals surface area contributed by atoms with Crippen molar-refractivity contribution in [1.82, 2.24) is 4.98 Å². The first-order valence-electron chi connectivity index (χ1n) is 5.28. The molecule has 0 unspecified atom stereocenters. The molecule has 1 aliphatic carbocycles. The zero-order valence-corrected chi connectivity index (χ0v) is 8.90. The quantitative estimate of drug-likeness (QED) is 0.710. The van der Waals surface area contributed by atoms with Gasteiger partial charge in [0.1, 0.15) is 5.60 Å². The molecule has 3 nitrogen and oxygen atoms in total. The van der Waals surface area contributed by atoms with E-state index in [0.717, 1.165) is 25.7 Å². The number of hydrogen-bond donors (Lipinski definition) is 0. The van der Waals surface area contributed by atoms with E-state index in [4.69, 9.17) is 4.74 Å². The molecule has 0 aromatic carbocycles. The fourth-order valence-electron chi connectivity index (χ4n) is 2.23.